The molecule has 0 aliphatic heterocycles. The van der Waals surface area contributed by atoms with Gasteiger partial charge in [-0.25, -0.2) is 0 Å². The van der Waals surface area contributed by atoms with Crippen LogP contribution in [0.2, 0.25) is 0 Å². The number of nitrogens with one attached hydrogen (secondary N) is 1. The average Bonchev–Trinajstić information content (AvgIpc) is 2.93. The third kappa shape index (κ3) is 8.26. The first kappa shape index (κ1) is 28.6. The highest BCUT2D eigenvalue weighted by molar-refractivity contribution is 5.88. The maximum Gasteiger partial charge on any atom is 0.261 e. The molecule has 2 amide bonds. The average molecular weight is 519 g/mol. The van der Waals surface area contributed by atoms with Gasteiger partial charge in [-0.05, 0) is 31.4 Å². The molecule has 0 spiro atoms. The minimum Gasteiger partial charge on any atom is -0.496 e. The summed E-state index contributed by atoms with van der Waals surface area (Å²) in [5.74, 6) is 1.06. The van der Waals surface area contributed by atoms with E-state index in [0.717, 1.165) is 23.1 Å². The molecule has 0 unspecified atom stereocenters. The van der Waals surface area contributed by atoms with Crippen LogP contribution < -0.4 is 19.5 Å². The summed E-state index contributed by atoms with van der Waals surface area (Å²) in [5.41, 5.74) is 2.99. The van der Waals surface area contributed by atoms with Crippen molar-refractivity contribution in [2.75, 3.05) is 20.8 Å². The van der Waals surface area contributed by atoms with Gasteiger partial charge in [-0.15, -0.1) is 0 Å². The highest BCUT2D eigenvalue weighted by Crippen LogP contribution is 2.27. The van der Waals surface area contributed by atoms with E-state index in [1.807, 2.05) is 75.4 Å². The van der Waals surface area contributed by atoms with Crippen LogP contribution in [0.3, 0.4) is 0 Å². The van der Waals surface area contributed by atoms with E-state index >= 15 is 0 Å². The third-order valence-electron chi connectivity index (χ3n) is 6.39. The summed E-state index contributed by atoms with van der Waals surface area (Å²) in [7, 11) is 3.11. The second kappa shape index (κ2) is 14.1. The molecule has 0 aromatic heterocycles. The van der Waals surface area contributed by atoms with Crippen molar-refractivity contribution in [3.63, 3.8) is 0 Å². The predicted molar refractivity (Wildman–Crippen MR) is 149 cm³/mol. The van der Waals surface area contributed by atoms with Crippen LogP contribution in [-0.2, 0) is 22.6 Å². The maximum absolute atomic E-state index is 13.8. The van der Waals surface area contributed by atoms with E-state index < -0.39 is 6.04 Å². The van der Waals surface area contributed by atoms with Crippen molar-refractivity contribution < 1.29 is 23.8 Å². The van der Waals surface area contributed by atoms with Gasteiger partial charge in [-0.1, -0.05) is 67.1 Å². The molecule has 7 heteroatoms. The summed E-state index contributed by atoms with van der Waals surface area (Å²) in [6, 6.07) is 22.1. The van der Waals surface area contributed by atoms with E-state index in [-0.39, 0.29) is 31.0 Å². The maximum atomic E-state index is 13.8. The minimum atomic E-state index is -0.720. The Kier molecular flexibility index (Phi) is 10.6. The normalized spacial score (nSPS) is 12.2. The molecule has 0 aliphatic carbocycles. The SMILES string of the molecule is CC[C@H](C)NC(=O)[C@H](Cc1ccccc1)N(Cc1cccc(C)c1)C(=O)COc1cc(OC)cc(OC)c1. The summed E-state index contributed by atoms with van der Waals surface area (Å²) in [6.07, 6.45) is 1.17. The van der Waals surface area contributed by atoms with E-state index in [1.54, 1.807) is 37.3 Å². The van der Waals surface area contributed by atoms with Gasteiger partial charge in [0, 0.05) is 37.2 Å². The van der Waals surface area contributed by atoms with Gasteiger partial charge in [0.05, 0.1) is 14.2 Å². The lowest BCUT2D eigenvalue weighted by Gasteiger charge is -2.32. The topological polar surface area (TPSA) is 77.1 Å². The van der Waals surface area contributed by atoms with Gasteiger partial charge in [0.15, 0.2) is 6.61 Å². The van der Waals surface area contributed by atoms with E-state index in [1.165, 1.54) is 0 Å². The monoisotopic (exact) mass is 518 g/mol. The van der Waals surface area contributed by atoms with Crippen LogP contribution in [0.1, 0.15) is 37.0 Å². The van der Waals surface area contributed by atoms with Crippen molar-refractivity contribution in [3.05, 3.63) is 89.5 Å². The van der Waals surface area contributed by atoms with Crippen LogP contribution in [0.4, 0.5) is 0 Å². The van der Waals surface area contributed by atoms with Gasteiger partial charge >= 0.3 is 0 Å². The smallest absolute Gasteiger partial charge is 0.261 e. The Labute approximate surface area is 225 Å². The van der Waals surface area contributed by atoms with Crippen molar-refractivity contribution in [3.8, 4) is 17.2 Å². The zero-order chi connectivity index (χ0) is 27.5. The van der Waals surface area contributed by atoms with Crippen molar-refractivity contribution >= 4 is 11.8 Å². The van der Waals surface area contributed by atoms with Crippen molar-refractivity contribution in [1.29, 1.82) is 0 Å². The largest absolute Gasteiger partial charge is 0.496 e. The molecule has 0 heterocycles. The Bertz CT molecular complexity index is 1180. The molecular formula is C31H38N2O5. The van der Waals surface area contributed by atoms with Crippen LogP contribution in [0, 0.1) is 6.92 Å². The molecule has 1 N–H and O–H groups in total. The lowest BCUT2D eigenvalue weighted by atomic mass is 10.0. The van der Waals surface area contributed by atoms with Gasteiger partial charge in [0.2, 0.25) is 5.91 Å². The van der Waals surface area contributed by atoms with Crippen LogP contribution >= 0.6 is 0 Å². The molecule has 3 aromatic carbocycles. The number of benzene rings is 3. The number of aryl methyl sites for hydroxylation is 1. The Morgan fingerprint density at radius 3 is 2.11 bits per heavy atom. The van der Waals surface area contributed by atoms with E-state index in [4.69, 9.17) is 14.2 Å². The first-order valence-electron chi connectivity index (χ1n) is 12.9. The van der Waals surface area contributed by atoms with E-state index in [9.17, 15) is 9.59 Å². The van der Waals surface area contributed by atoms with Gasteiger partial charge in [0.1, 0.15) is 23.3 Å². The summed E-state index contributed by atoms with van der Waals surface area (Å²) >= 11 is 0. The van der Waals surface area contributed by atoms with E-state index in [0.29, 0.717) is 23.7 Å². The third-order valence-corrected chi connectivity index (χ3v) is 6.39. The molecule has 0 radical (unpaired) electrons. The molecular weight excluding hydrogens is 480 g/mol. The number of carbonyl (C=O) groups excluding carboxylic acids is 2. The number of nitrogens with zero attached hydrogens (tertiary/aromatic N) is 1. The fraction of sp³-hybridized carbons (Fsp3) is 0.355. The molecule has 0 saturated carbocycles. The van der Waals surface area contributed by atoms with Crippen molar-refractivity contribution in [1.82, 2.24) is 10.2 Å². The van der Waals surface area contributed by atoms with Crippen molar-refractivity contribution in [2.24, 2.45) is 0 Å². The van der Waals surface area contributed by atoms with Crippen LogP contribution in [0.5, 0.6) is 17.2 Å². The van der Waals surface area contributed by atoms with Crippen LogP contribution in [0.15, 0.2) is 72.8 Å². The van der Waals surface area contributed by atoms with Crippen molar-refractivity contribution in [2.45, 2.75) is 52.2 Å². The Morgan fingerprint density at radius 2 is 1.50 bits per heavy atom. The number of carbonyl (C=O) groups is 2. The Hall–Kier alpha value is -4.00. The zero-order valence-corrected chi connectivity index (χ0v) is 22.9. The van der Waals surface area contributed by atoms with Gasteiger partial charge < -0.3 is 24.4 Å². The standard InChI is InChI=1S/C31H38N2O5/c1-6-23(3)32-31(35)29(16-24-12-8-7-9-13-24)33(20-25-14-10-11-22(2)15-25)30(34)21-38-28-18-26(36-4)17-27(19-28)37-5/h7-15,17-19,23,29H,6,16,20-21H2,1-5H3,(H,32,35)/t23-,29-/m0/s1. The first-order valence-corrected chi connectivity index (χ1v) is 12.9. The highest BCUT2D eigenvalue weighted by atomic mass is 16.5. The van der Waals surface area contributed by atoms with Gasteiger partial charge in [0.25, 0.3) is 5.91 Å². The summed E-state index contributed by atoms with van der Waals surface area (Å²) in [4.78, 5) is 29.0. The molecule has 38 heavy (non-hydrogen) atoms. The Morgan fingerprint density at radius 1 is 0.868 bits per heavy atom. The molecule has 7 nitrogen and oxygen atoms in total. The lowest BCUT2D eigenvalue weighted by Crippen LogP contribution is -2.53. The molecule has 0 saturated heterocycles. The quantitative estimate of drug-likeness (QED) is 0.347. The molecule has 3 rings (SSSR count). The van der Waals surface area contributed by atoms with Crippen LogP contribution in [0.25, 0.3) is 0 Å². The number of ether oxygens (including phenoxy) is 3. The number of hydrogen-bond acceptors (Lipinski definition) is 5. The number of hydrogen-bond donors (Lipinski definition) is 1. The second-order valence-electron chi connectivity index (χ2n) is 9.37. The number of amides is 2. The number of rotatable bonds is 13. The van der Waals surface area contributed by atoms with Gasteiger partial charge in [-0.3, -0.25) is 9.59 Å². The van der Waals surface area contributed by atoms with E-state index in [2.05, 4.69) is 5.32 Å². The summed E-state index contributed by atoms with van der Waals surface area (Å²) in [5, 5.41) is 3.08. The fourth-order valence-electron chi connectivity index (χ4n) is 4.09. The molecule has 2 atom stereocenters. The molecule has 3 aromatic rings. The summed E-state index contributed by atoms with van der Waals surface area (Å²) < 4.78 is 16.5. The predicted octanol–water partition coefficient (Wildman–Crippen LogP) is 4.95. The van der Waals surface area contributed by atoms with Crippen LogP contribution in [-0.4, -0.2) is 49.6 Å². The molecule has 0 aliphatic rings. The number of methoxy groups -OCH3 is 2. The lowest BCUT2D eigenvalue weighted by molar-refractivity contribution is -0.143. The summed E-state index contributed by atoms with van der Waals surface area (Å²) in [6.45, 7) is 6.01. The van der Waals surface area contributed by atoms with Gasteiger partial charge in [-0.2, -0.15) is 0 Å². The molecule has 202 valence electrons. The first-order chi connectivity index (χ1) is 18.3. The molecule has 0 fully saturated rings. The fourth-order valence-corrected chi connectivity index (χ4v) is 4.09. The highest BCUT2D eigenvalue weighted by Gasteiger charge is 2.31. The molecule has 0 bridgehead atoms. The second-order valence-corrected chi connectivity index (χ2v) is 9.37. The Balaban J connectivity index is 1.93. The zero-order valence-electron chi connectivity index (χ0n) is 22.9. The minimum absolute atomic E-state index is 0.0165.